The van der Waals surface area contributed by atoms with Crippen molar-refractivity contribution in [2.24, 2.45) is 5.92 Å². The summed E-state index contributed by atoms with van der Waals surface area (Å²) < 4.78 is 0. The molecule has 0 heterocycles. The van der Waals surface area contributed by atoms with E-state index in [2.05, 4.69) is 11.0 Å². The van der Waals surface area contributed by atoms with E-state index >= 15 is 0 Å². The summed E-state index contributed by atoms with van der Waals surface area (Å²) in [5.41, 5.74) is 1.56. The molecule has 1 saturated carbocycles. The van der Waals surface area contributed by atoms with Gasteiger partial charge in [-0.1, -0.05) is 24.5 Å². The van der Waals surface area contributed by atoms with Crippen LogP contribution in [0.2, 0.25) is 0 Å². The van der Waals surface area contributed by atoms with Crippen molar-refractivity contribution in [3.63, 3.8) is 0 Å². The van der Waals surface area contributed by atoms with E-state index in [0.717, 1.165) is 19.0 Å². The molecule has 2 aliphatic rings. The molecule has 2 nitrogen and oxygen atoms in total. The van der Waals surface area contributed by atoms with Crippen molar-refractivity contribution in [1.82, 2.24) is 4.90 Å². The summed E-state index contributed by atoms with van der Waals surface area (Å²) in [5, 5.41) is 0. The Bertz CT molecular complexity index is 289. The quantitative estimate of drug-likeness (QED) is 0.659. The summed E-state index contributed by atoms with van der Waals surface area (Å²) in [4.78, 5) is 13.7. The number of nitrogens with zero attached hydrogens (tertiary/aromatic N) is 1. The Morgan fingerprint density at radius 2 is 2.12 bits per heavy atom. The van der Waals surface area contributed by atoms with Crippen molar-refractivity contribution < 1.29 is 4.79 Å². The highest BCUT2D eigenvalue weighted by Crippen LogP contribution is 2.26. The van der Waals surface area contributed by atoms with Gasteiger partial charge in [-0.25, -0.2) is 0 Å². The third kappa shape index (κ3) is 4.27. The van der Waals surface area contributed by atoms with E-state index in [0.29, 0.717) is 12.3 Å². The predicted octanol–water partition coefficient (Wildman–Crippen LogP) is 3.18. The topological polar surface area (TPSA) is 20.3 Å². The highest BCUT2D eigenvalue weighted by Gasteiger charge is 2.20. The summed E-state index contributed by atoms with van der Waals surface area (Å²) in [7, 11) is 0. The van der Waals surface area contributed by atoms with Crippen molar-refractivity contribution in [2.75, 3.05) is 19.6 Å². The summed E-state index contributed by atoms with van der Waals surface area (Å²) >= 11 is 0. The van der Waals surface area contributed by atoms with E-state index in [1.807, 2.05) is 0 Å². The number of allylic oxidation sites excluding steroid dienone is 1. The first kappa shape index (κ1) is 12.8. The second-order valence-electron chi connectivity index (χ2n) is 5.78. The predicted molar refractivity (Wildman–Crippen MR) is 71.0 cm³/mol. The van der Waals surface area contributed by atoms with Gasteiger partial charge in [0.05, 0.1) is 6.54 Å². The first-order valence-electron chi connectivity index (χ1n) is 7.14. The van der Waals surface area contributed by atoms with E-state index in [4.69, 9.17) is 0 Å². The number of Topliss-reactive ketones (excluding diaryl/α,β-unsaturated/α-hetero) is 1. The molecule has 0 amide bonds. The molecule has 96 valence electrons. The van der Waals surface area contributed by atoms with Crippen LogP contribution in [0.1, 0.15) is 51.9 Å². The number of hydrogen-bond donors (Lipinski definition) is 0. The maximum atomic E-state index is 11.3. The Hall–Kier alpha value is -0.630. The van der Waals surface area contributed by atoms with Gasteiger partial charge in [-0.2, -0.15) is 0 Å². The van der Waals surface area contributed by atoms with Crippen LogP contribution in [0.15, 0.2) is 11.6 Å². The van der Waals surface area contributed by atoms with Crippen molar-refractivity contribution in [1.29, 1.82) is 0 Å². The molecule has 17 heavy (non-hydrogen) atoms. The molecule has 0 unspecified atom stereocenters. The molecule has 0 aromatic rings. The largest absolute Gasteiger partial charge is 0.299 e. The Kier molecular flexibility index (Phi) is 4.78. The molecule has 0 bridgehead atoms. The number of carbonyl (C=O) groups excluding carboxylic acids is 1. The smallest absolute Gasteiger partial charge is 0.143 e. The second kappa shape index (κ2) is 6.34. The van der Waals surface area contributed by atoms with Gasteiger partial charge in [0.2, 0.25) is 0 Å². The van der Waals surface area contributed by atoms with E-state index in [9.17, 15) is 4.79 Å². The molecule has 0 aliphatic heterocycles. The lowest BCUT2D eigenvalue weighted by Gasteiger charge is -2.25. The van der Waals surface area contributed by atoms with Crippen LogP contribution in [0.4, 0.5) is 0 Å². The third-order valence-corrected chi connectivity index (χ3v) is 4.00. The number of ketones is 1. The van der Waals surface area contributed by atoms with Gasteiger partial charge in [0.1, 0.15) is 5.78 Å². The van der Waals surface area contributed by atoms with Crippen LogP contribution in [0.25, 0.3) is 0 Å². The van der Waals surface area contributed by atoms with Gasteiger partial charge in [-0.3, -0.25) is 9.69 Å². The summed E-state index contributed by atoms with van der Waals surface area (Å²) in [6, 6.07) is 0. The van der Waals surface area contributed by atoms with Crippen LogP contribution in [0.5, 0.6) is 0 Å². The standard InChI is InChI=1S/C15H25NO/c1-13(17)10-16(11-14-6-2-3-7-14)12-15-8-4-5-9-15/h6,15H,2-5,7-12H2,1H3. The molecule has 0 aromatic carbocycles. The number of rotatable bonds is 6. The molecule has 0 N–H and O–H groups in total. The van der Waals surface area contributed by atoms with Crippen molar-refractivity contribution in [3.8, 4) is 0 Å². The van der Waals surface area contributed by atoms with Crippen LogP contribution in [0, 0.1) is 5.92 Å². The molecular weight excluding hydrogens is 210 g/mol. The summed E-state index contributed by atoms with van der Waals surface area (Å²) in [5.74, 6) is 1.15. The fourth-order valence-electron chi connectivity index (χ4n) is 3.23. The van der Waals surface area contributed by atoms with Crippen molar-refractivity contribution >= 4 is 5.78 Å². The van der Waals surface area contributed by atoms with E-state index in [1.54, 1.807) is 12.5 Å². The Balaban J connectivity index is 1.84. The van der Waals surface area contributed by atoms with Gasteiger partial charge in [0, 0.05) is 13.1 Å². The SMILES string of the molecule is CC(=O)CN(CC1=CCCC1)CC1CCCC1. The number of carbonyl (C=O) groups is 1. The van der Waals surface area contributed by atoms with Gasteiger partial charge in [0.25, 0.3) is 0 Å². The van der Waals surface area contributed by atoms with Gasteiger partial charge in [-0.15, -0.1) is 0 Å². The highest BCUT2D eigenvalue weighted by atomic mass is 16.1. The molecular formula is C15H25NO. The molecule has 2 heteroatoms. The van der Waals surface area contributed by atoms with Crippen molar-refractivity contribution in [3.05, 3.63) is 11.6 Å². The molecule has 0 atom stereocenters. The minimum Gasteiger partial charge on any atom is -0.299 e. The first-order valence-corrected chi connectivity index (χ1v) is 7.14. The van der Waals surface area contributed by atoms with Crippen LogP contribution < -0.4 is 0 Å². The highest BCUT2D eigenvalue weighted by molar-refractivity contribution is 5.77. The zero-order valence-corrected chi connectivity index (χ0v) is 11.1. The van der Waals surface area contributed by atoms with E-state index < -0.39 is 0 Å². The zero-order chi connectivity index (χ0) is 12.1. The van der Waals surface area contributed by atoms with Crippen molar-refractivity contribution in [2.45, 2.75) is 51.9 Å². The summed E-state index contributed by atoms with van der Waals surface area (Å²) in [6.45, 7) is 4.53. The first-order chi connectivity index (χ1) is 8.24. The molecule has 1 fully saturated rings. The monoisotopic (exact) mass is 235 g/mol. The van der Waals surface area contributed by atoms with E-state index in [-0.39, 0.29) is 0 Å². The van der Waals surface area contributed by atoms with Crippen LogP contribution in [-0.4, -0.2) is 30.3 Å². The van der Waals surface area contributed by atoms with E-state index in [1.165, 1.54) is 44.9 Å². The second-order valence-corrected chi connectivity index (χ2v) is 5.78. The molecule has 0 aromatic heterocycles. The number of hydrogen-bond acceptors (Lipinski definition) is 2. The van der Waals surface area contributed by atoms with Gasteiger partial charge in [-0.05, 0) is 44.9 Å². The Morgan fingerprint density at radius 3 is 2.71 bits per heavy atom. The fraction of sp³-hybridized carbons (Fsp3) is 0.800. The molecule has 0 spiro atoms. The molecule has 0 radical (unpaired) electrons. The van der Waals surface area contributed by atoms with Gasteiger partial charge >= 0.3 is 0 Å². The lowest BCUT2D eigenvalue weighted by Crippen LogP contribution is -2.34. The molecule has 2 rings (SSSR count). The zero-order valence-electron chi connectivity index (χ0n) is 11.1. The van der Waals surface area contributed by atoms with Crippen LogP contribution in [0.3, 0.4) is 0 Å². The average molecular weight is 235 g/mol. The van der Waals surface area contributed by atoms with Crippen LogP contribution in [-0.2, 0) is 4.79 Å². The molecule has 0 saturated heterocycles. The normalized spacial score (nSPS) is 21.2. The lowest BCUT2D eigenvalue weighted by atomic mass is 10.1. The Morgan fingerprint density at radius 1 is 1.35 bits per heavy atom. The maximum Gasteiger partial charge on any atom is 0.143 e. The minimum absolute atomic E-state index is 0.307. The van der Waals surface area contributed by atoms with Crippen LogP contribution >= 0.6 is 0 Å². The average Bonchev–Trinajstić information content (AvgIpc) is 2.89. The molecule has 2 aliphatic carbocycles. The van der Waals surface area contributed by atoms with Gasteiger partial charge in [0.15, 0.2) is 0 Å². The lowest BCUT2D eigenvalue weighted by molar-refractivity contribution is -0.118. The maximum absolute atomic E-state index is 11.3. The fourth-order valence-corrected chi connectivity index (χ4v) is 3.23. The Labute approximate surface area is 105 Å². The summed E-state index contributed by atoms with van der Waals surface area (Å²) in [6.07, 6.45) is 11.7. The minimum atomic E-state index is 0.307. The van der Waals surface area contributed by atoms with Gasteiger partial charge < -0.3 is 0 Å². The third-order valence-electron chi connectivity index (χ3n) is 4.00.